The molecule has 0 aliphatic heterocycles. The number of methoxy groups -OCH3 is 2. The number of nitrogens with two attached hydrogens (primary N) is 1. The van der Waals surface area contributed by atoms with Crippen LogP contribution in [0, 0.1) is 0 Å². The first-order valence-corrected chi connectivity index (χ1v) is 6.48. The molecule has 0 saturated heterocycles. The largest absolute Gasteiger partial charge is 0.481 e. The second kappa shape index (κ2) is 7.23. The van der Waals surface area contributed by atoms with Gasteiger partial charge in [-0.05, 0) is 17.7 Å². The number of rotatable bonds is 5. The first kappa shape index (κ1) is 15.5. The topological polar surface area (TPSA) is 111 Å². The van der Waals surface area contributed by atoms with Gasteiger partial charge in [0.05, 0.1) is 20.3 Å². The Morgan fingerprint density at radius 2 is 1.68 bits per heavy atom. The second-order valence-electron chi connectivity index (χ2n) is 4.26. The normalized spacial score (nSPS) is 9.95. The average Bonchev–Trinajstić information content (AvgIpc) is 2.55. The van der Waals surface area contributed by atoms with E-state index in [4.69, 9.17) is 15.2 Å². The minimum atomic E-state index is -0.476. The van der Waals surface area contributed by atoms with Crippen molar-refractivity contribution >= 4 is 17.7 Å². The number of amides is 2. The molecule has 0 saturated carbocycles. The van der Waals surface area contributed by atoms with Crippen LogP contribution in [-0.2, 0) is 6.54 Å². The summed E-state index contributed by atoms with van der Waals surface area (Å²) >= 11 is 0. The van der Waals surface area contributed by atoms with Gasteiger partial charge in [0.15, 0.2) is 0 Å². The number of aromatic nitrogens is 2. The van der Waals surface area contributed by atoms with E-state index in [1.165, 1.54) is 20.3 Å². The number of hydrogen-bond acceptors (Lipinski definition) is 6. The lowest BCUT2D eigenvalue weighted by molar-refractivity contribution is 0.262. The van der Waals surface area contributed by atoms with Crippen LogP contribution in [0.15, 0.2) is 30.3 Å². The van der Waals surface area contributed by atoms with Crippen LogP contribution in [0.2, 0.25) is 0 Å². The monoisotopic (exact) mass is 303 g/mol. The Balaban J connectivity index is 2.04. The molecule has 0 spiro atoms. The van der Waals surface area contributed by atoms with Gasteiger partial charge in [0.2, 0.25) is 17.7 Å². The van der Waals surface area contributed by atoms with Crippen molar-refractivity contribution in [3.05, 3.63) is 35.9 Å². The molecule has 0 unspecified atom stereocenters. The van der Waals surface area contributed by atoms with Crippen molar-refractivity contribution in [2.45, 2.75) is 6.54 Å². The Bertz CT molecular complexity index is 623. The van der Waals surface area contributed by atoms with Crippen LogP contribution in [-0.4, -0.2) is 30.2 Å². The Labute approximate surface area is 127 Å². The van der Waals surface area contributed by atoms with Gasteiger partial charge in [0.25, 0.3) is 0 Å². The van der Waals surface area contributed by atoms with E-state index in [1.807, 2.05) is 12.1 Å². The lowest BCUT2D eigenvalue weighted by Crippen LogP contribution is -2.21. The van der Waals surface area contributed by atoms with E-state index < -0.39 is 6.03 Å². The number of hydrogen-bond donors (Lipinski definition) is 3. The summed E-state index contributed by atoms with van der Waals surface area (Å²) in [5.41, 5.74) is 7.13. The van der Waals surface area contributed by atoms with Gasteiger partial charge in [0, 0.05) is 12.2 Å². The number of carbonyl (C=O) groups excluding carboxylic acids is 1. The molecule has 1 aromatic heterocycles. The van der Waals surface area contributed by atoms with Crippen LogP contribution < -0.4 is 25.8 Å². The molecule has 0 radical (unpaired) electrons. The fourth-order valence-electron chi connectivity index (χ4n) is 1.66. The van der Waals surface area contributed by atoms with Crippen molar-refractivity contribution in [3.63, 3.8) is 0 Å². The summed E-state index contributed by atoms with van der Waals surface area (Å²) < 4.78 is 10.0. The highest BCUT2D eigenvalue weighted by Gasteiger charge is 2.09. The maximum atomic E-state index is 11.9. The molecule has 0 atom stereocenters. The van der Waals surface area contributed by atoms with Crippen LogP contribution in [0.3, 0.4) is 0 Å². The van der Waals surface area contributed by atoms with Gasteiger partial charge in [0.1, 0.15) is 0 Å². The van der Waals surface area contributed by atoms with E-state index in [0.29, 0.717) is 12.2 Å². The summed E-state index contributed by atoms with van der Waals surface area (Å²) in [6, 6.07) is 8.22. The van der Waals surface area contributed by atoms with Crippen LogP contribution in [0.1, 0.15) is 5.56 Å². The zero-order chi connectivity index (χ0) is 15.9. The molecule has 22 heavy (non-hydrogen) atoms. The fraction of sp³-hybridized carbons (Fsp3) is 0.214. The number of urea groups is 1. The maximum absolute atomic E-state index is 11.9. The molecule has 0 aliphatic rings. The van der Waals surface area contributed by atoms with Gasteiger partial charge in [-0.2, -0.15) is 9.97 Å². The number of carbonyl (C=O) groups is 1. The maximum Gasteiger partial charge on any atom is 0.326 e. The molecule has 2 rings (SSSR count). The molecule has 2 amide bonds. The van der Waals surface area contributed by atoms with Crippen molar-refractivity contribution in [2.75, 3.05) is 24.9 Å². The van der Waals surface area contributed by atoms with Crippen LogP contribution in [0.5, 0.6) is 11.8 Å². The Morgan fingerprint density at radius 3 is 2.18 bits per heavy atom. The van der Waals surface area contributed by atoms with E-state index in [1.54, 1.807) is 12.1 Å². The summed E-state index contributed by atoms with van der Waals surface area (Å²) in [6.45, 7) is 0.448. The third kappa shape index (κ3) is 4.06. The number of benzene rings is 1. The number of nitrogens with zero attached hydrogens (tertiary/aromatic N) is 2. The first-order chi connectivity index (χ1) is 10.6. The molecule has 2 aromatic rings. The summed E-state index contributed by atoms with van der Waals surface area (Å²) in [5, 5.41) is 5.18. The molecule has 0 fully saturated rings. The van der Waals surface area contributed by atoms with E-state index in [-0.39, 0.29) is 17.7 Å². The minimum absolute atomic E-state index is 0.0762. The standard InChI is InChI=1S/C14H17N5O3/c1-21-11-7-12(22-2)18-13(17-11)19-14(20)16-10-5-3-9(8-15)4-6-10/h3-7H,8,15H2,1-2H3,(H2,16,17,18,19,20). The van der Waals surface area contributed by atoms with Crippen LogP contribution >= 0.6 is 0 Å². The Morgan fingerprint density at radius 1 is 1.09 bits per heavy atom. The molecule has 8 nitrogen and oxygen atoms in total. The van der Waals surface area contributed by atoms with Gasteiger partial charge >= 0.3 is 6.03 Å². The van der Waals surface area contributed by atoms with Crippen molar-refractivity contribution in [1.29, 1.82) is 0 Å². The Hall–Kier alpha value is -2.87. The number of ether oxygens (including phenoxy) is 2. The lowest BCUT2D eigenvalue weighted by atomic mass is 10.2. The molecule has 116 valence electrons. The molecule has 1 heterocycles. The summed E-state index contributed by atoms with van der Waals surface area (Å²) in [5.74, 6) is 0.649. The van der Waals surface area contributed by atoms with E-state index >= 15 is 0 Å². The number of anilines is 2. The lowest BCUT2D eigenvalue weighted by Gasteiger charge is -2.09. The van der Waals surface area contributed by atoms with E-state index in [9.17, 15) is 4.79 Å². The van der Waals surface area contributed by atoms with Crippen LogP contribution in [0.4, 0.5) is 16.4 Å². The second-order valence-corrected chi connectivity index (χ2v) is 4.26. The zero-order valence-corrected chi connectivity index (χ0v) is 12.3. The Kier molecular flexibility index (Phi) is 5.10. The van der Waals surface area contributed by atoms with E-state index in [0.717, 1.165) is 5.56 Å². The van der Waals surface area contributed by atoms with Gasteiger partial charge in [-0.25, -0.2) is 4.79 Å². The fourth-order valence-corrected chi connectivity index (χ4v) is 1.66. The smallest absolute Gasteiger partial charge is 0.326 e. The quantitative estimate of drug-likeness (QED) is 0.773. The molecule has 8 heteroatoms. The third-order valence-electron chi connectivity index (χ3n) is 2.77. The SMILES string of the molecule is COc1cc(OC)nc(NC(=O)Nc2ccc(CN)cc2)n1. The van der Waals surface area contributed by atoms with Gasteiger partial charge in [-0.1, -0.05) is 12.1 Å². The first-order valence-electron chi connectivity index (χ1n) is 6.48. The molecule has 0 bridgehead atoms. The van der Waals surface area contributed by atoms with E-state index in [2.05, 4.69) is 20.6 Å². The van der Waals surface area contributed by atoms with Gasteiger partial charge < -0.3 is 20.5 Å². The predicted octanol–water partition coefficient (Wildman–Crippen LogP) is 1.60. The molecular formula is C14H17N5O3. The average molecular weight is 303 g/mol. The third-order valence-corrected chi connectivity index (χ3v) is 2.77. The summed E-state index contributed by atoms with van der Waals surface area (Å²) in [6.07, 6.45) is 0. The minimum Gasteiger partial charge on any atom is -0.481 e. The number of nitrogens with one attached hydrogen (secondary N) is 2. The van der Waals surface area contributed by atoms with Crippen molar-refractivity contribution in [2.24, 2.45) is 5.73 Å². The van der Waals surface area contributed by atoms with Crippen molar-refractivity contribution < 1.29 is 14.3 Å². The van der Waals surface area contributed by atoms with Crippen molar-refractivity contribution in [1.82, 2.24) is 9.97 Å². The van der Waals surface area contributed by atoms with Gasteiger partial charge in [-0.15, -0.1) is 0 Å². The highest BCUT2D eigenvalue weighted by atomic mass is 16.5. The predicted molar refractivity (Wildman–Crippen MR) is 82.1 cm³/mol. The highest BCUT2D eigenvalue weighted by molar-refractivity contribution is 5.98. The highest BCUT2D eigenvalue weighted by Crippen LogP contribution is 2.17. The van der Waals surface area contributed by atoms with Crippen molar-refractivity contribution in [3.8, 4) is 11.8 Å². The summed E-state index contributed by atoms with van der Waals surface area (Å²) in [4.78, 5) is 19.9. The van der Waals surface area contributed by atoms with Crippen LogP contribution in [0.25, 0.3) is 0 Å². The van der Waals surface area contributed by atoms with Gasteiger partial charge in [-0.3, -0.25) is 5.32 Å². The molecular weight excluding hydrogens is 286 g/mol. The molecule has 0 aliphatic carbocycles. The zero-order valence-electron chi connectivity index (χ0n) is 12.3. The summed E-state index contributed by atoms with van der Waals surface area (Å²) in [7, 11) is 2.93. The molecule has 1 aromatic carbocycles. The molecule has 4 N–H and O–H groups in total.